The Morgan fingerprint density at radius 3 is 2.62 bits per heavy atom. The smallest absolute Gasteiger partial charge is 0.211 e. The number of hydrogen-bond acceptors (Lipinski definition) is 4. The van der Waals surface area contributed by atoms with E-state index in [1.54, 1.807) is 19.2 Å². The second-order valence-corrected chi connectivity index (χ2v) is 5.85. The summed E-state index contributed by atoms with van der Waals surface area (Å²) in [5, 5.41) is 11.0. The predicted octanol–water partition coefficient (Wildman–Crippen LogP) is 3.06. The van der Waals surface area contributed by atoms with Crippen LogP contribution in [0.25, 0.3) is 0 Å². The van der Waals surface area contributed by atoms with E-state index in [9.17, 15) is 14.9 Å². The number of nitro groups is 1. The zero-order valence-corrected chi connectivity index (χ0v) is 12.5. The summed E-state index contributed by atoms with van der Waals surface area (Å²) in [6.07, 6.45) is 2.17. The van der Waals surface area contributed by atoms with Gasteiger partial charge in [0.15, 0.2) is 0 Å². The summed E-state index contributed by atoms with van der Waals surface area (Å²) in [6.45, 7) is 1.91. The van der Waals surface area contributed by atoms with Crippen LogP contribution < -0.4 is 4.74 Å². The van der Waals surface area contributed by atoms with Crippen LogP contribution >= 0.6 is 0 Å². The number of ether oxygens (including phenoxy) is 1. The molecule has 21 heavy (non-hydrogen) atoms. The van der Waals surface area contributed by atoms with Gasteiger partial charge in [0, 0.05) is 17.3 Å². The first-order chi connectivity index (χ1) is 10.0. The molecule has 1 aliphatic rings. The maximum absolute atomic E-state index is 12.2. The Bertz CT molecular complexity index is 512. The number of Topliss-reactive ketones (excluding diaryl/α,β-unsaturated/α-hetero) is 1. The minimum Gasteiger partial charge on any atom is -0.497 e. The topological polar surface area (TPSA) is 69.4 Å². The van der Waals surface area contributed by atoms with E-state index in [4.69, 9.17) is 4.74 Å². The summed E-state index contributed by atoms with van der Waals surface area (Å²) in [5.41, 5.74) is 0.847. The lowest BCUT2D eigenvalue weighted by atomic mass is 9.72. The first-order valence-corrected chi connectivity index (χ1v) is 7.29. The average Bonchev–Trinajstić information content (AvgIpc) is 2.47. The number of rotatable bonds is 5. The van der Waals surface area contributed by atoms with Crippen molar-refractivity contribution in [1.82, 2.24) is 0 Å². The van der Waals surface area contributed by atoms with Crippen LogP contribution in [0.15, 0.2) is 24.3 Å². The summed E-state index contributed by atoms with van der Waals surface area (Å²) in [6, 6.07) is 7.25. The van der Waals surface area contributed by atoms with Gasteiger partial charge in [-0.2, -0.15) is 0 Å². The summed E-state index contributed by atoms with van der Waals surface area (Å²) in [5.74, 6) is 0.728. The monoisotopic (exact) mass is 291 g/mol. The molecular formula is C16H21NO4. The van der Waals surface area contributed by atoms with Crippen LogP contribution in [-0.4, -0.2) is 24.4 Å². The zero-order chi connectivity index (χ0) is 15.4. The van der Waals surface area contributed by atoms with Crippen molar-refractivity contribution in [1.29, 1.82) is 0 Å². The molecule has 5 nitrogen and oxygen atoms in total. The van der Waals surface area contributed by atoms with Crippen molar-refractivity contribution in [2.45, 2.75) is 32.1 Å². The summed E-state index contributed by atoms with van der Waals surface area (Å²) in [4.78, 5) is 22.9. The highest BCUT2D eigenvalue weighted by molar-refractivity contribution is 5.82. The van der Waals surface area contributed by atoms with Gasteiger partial charge in [-0.15, -0.1) is 0 Å². The molecule has 0 spiro atoms. The highest BCUT2D eigenvalue weighted by Gasteiger charge is 2.36. The Kier molecular flexibility index (Phi) is 4.94. The molecule has 0 bridgehead atoms. The molecule has 1 aromatic carbocycles. The zero-order valence-electron chi connectivity index (χ0n) is 12.5. The van der Waals surface area contributed by atoms with E-state index in [1.165, 1.54) is 0 Å². The maximum atomic E-state index is 12.2. The van der Waals surface area contributed by atoms with Crippen molar-refractivity contribution in [3.05, 3.63) is 39.9 Å². The lowest BCUT2D eigenvalue weighted by Crippen LogP contribution is -2.32. The van der Waals surface area contributed by atoms with Crippen LogP contribution in [-0.2, 0) is 4.79 Å². The lowest BCUT2D eigenvalue weighted by molar-refractivity contribution is -0.484. The predicted molar refractivity (Wildman–Crippen MR) is 79.1 cm³/mol. The molecule has 0 unspecified atom stereocenters. The van der Waals surface area contributed by atoms with E-state index in [-0.39, 0.29) is 29.1 Å². The molecule has 1 aliphatic carbocycles. The molecule has 114 valence electrons. The molecule has 0 aliphatic heterocycles. The fraction of sp³-hybridized carbons (Fsp3) is 0.562. The van der Waals surface area contributed by atoms with Gasteiger partial charge in [-0.25, -0.2) is 0 Å². The SMILES string of the molecule is COc1ccc([C@@H](C[N+](=O)[O-])[C@H]2C[C@@H](C)CCC2=O)cc1. The van der Waals surface area contributed by atoms with Crippen molar-refractivity contribution < 1.29 is 14.5 Å². The van der Waals surface area contributed by atoms with E-state index in [0.717, 1.165) is 18.4 Å². The van der Waals surface area contributed by atoms with Crippen LogP contribution in [0.1, 0.15) is 37.7 Å². The van der Waals surface area contributed by atoms with Gasteiger partial charge in [0.05, 0.1) is 13.0 Å². The molecule has 0 radical (unpaired) electrons. The molecule has 0 aromatic heterocycles. The van der Waals surface area contributed by atoms with Gasteiger partial charge >= 0.3 is 0 Å². The van der Waals surface area contributed by atoms with E-state index >= 15 is 0 Å². The third-order valence-electron chi connectivity index (χ3n) is 4.33. The van der Waals surface area contributed by atoms with Crippen molar-refractivity contribution in [2.24, 2.45) is 11.8 Å². The fourth-order valence-corrected chi connectivity index (χ4v) is 3.12. The summed E-state index contributed by atoms with van der Waals surface area (Å²) < 4.78 is 5.11. The third kappa shape index (κ3) is 3.80. The third-order valence-corrected chi connectivity index (χ3v) is 4.33. The minimum absolute atomic E-state index is 0.163. The first kappa shape index (κ1) is 15.5. The molecule has 0 saturated heterocycles. The number of carbonyl (C=O) groups excluding carboxylic acids is 1. The van der Waals surface area contributed by atoms with Crippen molar-refractivity contribution >= 4 is 5.78 Å². The van der Waals surface area contributed by atoms with Crippen molar-refractivity contribution in [3.8, 4) is 5.75 Å². The van der Waals surface area contributed by atoms with Gasteiger partial charge < -0.3 is 4.74 Å². The number of benzene rings is 1. The van der Waals surface area contributed by atoms with Gasteiger partial charge in [0.2, 0.25) is 6.54 Å². The second-order valence-electron chi connectivity index (χ2n) is 5.85. The van der Waals surface area contributed by atoms with E-state index in [1.807, 2.05) is 12.1 Å². The van der Waals surface area contributed by atoms with Gasteiger partial charge in [-0.3, -0.25) is 14.9 Å². The normalized spacial score (nSPS) is 23.6. The molecule has 0 heterocycles. The van der Waals surface area contributed by atoms with Gasteiger partial charge in [-0.1, -0.05) is 19.1 Å². The molecule has 3 atom stereocenters. The van der Waals surface area contributed by atoms with Crippen LogP contribution in [0.2, 0.25) is 0 Å². The molecule has 1 fully saturated rings. The average molecular weight is 291 g/mol. The Labute approximate surface area is 124 Å². The summed E-state index contributed by atoms with van der Waals surface area (Å²) in [7, 11) is 1.58. The highest BCUT2D eigenvalue weighted by atomic mass is 16.6. The van der Waals surface area contributed by atoms with Crippen LogP contribution in [0.3, 0.4) is 0 Å². The maximum Gasteiger partial charge on any atom is 0.211 e. The van der Waals surface area contributed by atoms with Gasteiger partial charge in [-0.05, 0) is 36.5 Å². The van der Waals surface area contributed by atoms with Gasteiger partial charge in [0.1, 0.15) is 11.5 Å². The Hall–Kier alpha value is -1.91. The standard InChI is InChI=1S/C16H21NO4/c1-11-3-8-16(18)14(9-11)15(10-17(19)20)12-4-6-13(21-2)7-5-12/h4-7,11,14-15H,3,8-10H2,1-2H3/t11-,14+,15+/m0/s1. The quantitative estimate of drug-likeness (QED) is 0.617. The van der Waals surface area contributed by atoms with Crippen LogP contribution in [0.5, 0.6) is 5.75 Å². The van der Waals surface area contributed by atoms with Crippen LogP contribution in [0, 0.1) is 22.0 Å². The van der Waals surface area contributed by atoms with E-state index < -0.39 is 0 Å². The van der Waals surface area contributed by atoms with Crippen molar-refractivity contribution in [3.63, 3.8) is 0 Å². The van der Waals surface area contributed by atoms with Crippen LogP contribution in [0.4, 0.5) is 0 Å². The lowest BCUT2D eigenvalue weighted by Gasteiger charge is -2.30. The second kappa shape index (κ2) is 6.70. The Morgan fingerprint density at radius 2 is 2.05 bits per heavy atom. The Balaban J connectivity index is 2.27. The van der Waals surface area contributed by atoms with Crippen molar-refractivity contribution in [2.75, 3.05) is 13.7 Å². The first-order valence-electron chi connectivity index (χ1n) is 7.29. The molecule has 0 amide bonds. The Morgan fingerprint density at radius 1 is 1.38 bits per heavy atom. The number of carbonyl (C=O) groups is 1. The molecule has 2 rings (SSSR count). The molecular weight excluding hydrogens is 270 g/mol. The number of nitrogens with zero attached hydrogens (tertiary/aromatic N) is 1. The fourth-order valence-electron chi connectivity index (χ4n) is 3.12. The molecule has 5 heteroatoms. The number of ketones is 1. The largest absolute Gasteiger partial charge is 0.497 e. The molecule has 1 saturated carbocycles. The van der Waals surface area contributed by atoms with E-state index in [0.29, 0.717) is 18.1 Å². The molecule has 0 N–H and O–H groups in total. The highest BCUT2D eigenvalue weighted by Crippen LogP contribution is 2.37. The van der Waals surface area contributed by atoms with Gasteiger partial charge in [0.25, 0.3) is 0 Å². The summed E-state index contributed by atoms with van der Waals surface area (Å²) >= 11 is 0. The number of methoxy groups -OCH3 is 1. The van der Waals surface area contributed by atoms with E-state index in [2.05, 4.69) is 6.92 Å². The minimum atomic E-state index is -0.346. The number of hydrogen-bond donors (Lipinski definition) is 0. The molecule has 1 aromatic rings.